The summed E-state index contributed by atoms with van der Waals surface area (Å²) in [4.78, 5) is 21.4. The van der Waals surface area contributed by atoms with Gasteiger partial charge in [0.25, 0.3) is 5.91 Å². The van der Waals surface area contributed by atoms with Crippen molar-refractivity contribution >= 4 is 11.6 Å². The highest BCUT2D eigenvalue weighted by molar-refractivity contribution is 5.94. The molecule has 0 aliphatic carbocycles. The number of anilines is 1. The van der Waals surface area contributed by atoms with Gasteiger partial charge in [-0.3, -0.25) is 4.79 Å². The van der Waals surface area contributed by atoms with Gasteiger partial charge in [0.1, 0.15) is 6.61 Å². The molecule has 6 nitrogen and oxygen atoms in total. The van der Waals surface area contributed by atoms with E-state index in [1.807, 2.05) is 4.90 Å². The van der Waals surface area contributed by atoms with E-state index >= 15 is 0 Å². The van der Waals surface area contributed by atoms with E-state index < -0.39 is 0 Å². The Balaban J connectivity index is 1.31. The first-order valence-electron chi connectivity index (χ1n) is 10.4. The summed E-state index contributed by atoms with van der Waals surface area (Å²) >= 11 is 0. The monoisotopic (exact) mass is 395 g/mol. The maximum atomic E-state index is 12.8. The largest absolute Gasteiger partial charge is 0.475 e. The molecule has 1 aromatic carbocycles. The molecule has 1 atom stereocenters. The number of benzene rings is 1. The molecule has 0 radical (unpaired) electrons. The van der Waals surface area contributed by atoms with E-state index in [9.17, 15) is 4.79 Å². The van der Waals surface area contributed by atoms with E-state index in [2.05, 4.69) is 41.9 Å². The number of rotatable bonds is 5. The number of aryl methyl sites for hydroxylation is 1. The normalized spacial score (nSPS) is 19.4. The molecule has 2 saturated heterocycles. The first-order chi connectivity index (χ1) is 14.1. The fraction of sp³-hybridized carbons (Fsp3) is 0.478. The van der Waals surface area contributed by atoms with E-state index in [1.165, 1.54) is 16.8 Å². The number of aromatic nitrogens is 1. The quantitative estimate of drug-likeness (QED) is 0.778. The lowest BCUT2D eigenvalue weighted by atomic mass is 10.1. The fourth-order valence-electron chi connectivity index (χ4n) is 3.96. The van der Waals surface area contributed by atoms with E-state index in [-0.39, 0.29) is 12.0 Å². The van der Waals surface area contributed by atoms with Crippen LogP contribution < -0.4 is 9.64 Å². The topological polar surface area (TPSA) is 54.9 Å². The lowest BCUT2D eigenvalue weighted by Gasteiger charge is -2.37. The smallest absolute Gasteiger partial charge is 0.255 e. The van der Waals surface area contributed by atoms with Crippen molar-refractivity contribution in [2.75, 3.05) is 44.3 Å². The second-order valence-corrected chi connectivity index (χ2v) is 7.83. The Hall–Kier alpha value is -2.60. The minimum absolute atomic E-state index is 0.0313. The van der Waals surface area contributed by atoms with Crippen molar-refractivity contribution in [1.82, 2.24) is 9.88 Å². The Morgan fingerprint density at radius 2 is 2.00 bits per heavy atom. The number of pyridine rings is 1. The van der Waals surface area contributed by atoms with Crippen molar-refractivity contribution < 1.29 is 14.3 Å². The van der Waals surface area contributed by atoms with Gasteiger partial charge in [0.05, 0.1) is 11.7 Å². The zero-order valence-corrected chi connectivity index (χ0v) is 17.3. The molecule has 0 N–H and O–H groups in total. The van der Waals surface area contributed by atoms with Crippen LogP contribution in [0.1, 0.15) is 34.3 Å². The molecule has 2 aliphatic heterocycles. The van der Waals surface area contributed by atoms with Crippen molar-refractivity contribution in [2.45, 2.75) is 32.8 Å². The molecule has 2 aliphatic rings. The SMILES string of the molecule is Cc1cccc(N2CCN(C(=O)c3ccc(OC[C@H]4CCCO4)nc3)CC2)c1C. The Kier molecular flexibility index (Phi) is 6.00. The van der Waals surface area contributed by atoms with Crippen molar-refractivity contribution in [3.8, 4) is 5.88 Å². The molecule has 0 unspecified atom stereocenters. The number of amides is 1. The third-order valence-electron chi connectivity index (χ3n) is 5.91. The molecule has 1 amide bonds. The minimum atomic E-state index is 0.0313. The van der Waals surface area contributed by atoms with Gasteiger partial charge < -0.3 is 19.3 Å². The number of hydrogen-bond acceptors (Lipinski definition) is 5. The van der Waals surface area contributed by atoms with Crippen LogP contribution in [0, 0.1) is 13.8 Å². The summed E-state index contributed by atoms with van der Waals surface area (Å²) in [5.41, 5.74) is 4.49. The molecule has 4 rings (SSSR count). The molecule has 1 aromatic heterocycles. The zero-order chi connectivity index (χ0) is 20.2. The number of ether oxygens (including phenoxy) is 2. The van der Waals surface area contributed by atoms with Crippen molar-refractivity contribution in [3.63, 3.8) is 0 Å². The summed E-state index contributed by atoms with van der Waals surface area (Å²) in [6.45, 7) is 8.73. The second kappa shape index (κ2) is 8.82. The van der Waals surface area contributed by atoms with E-state index in [1.54, 1.807) is 18.3 Å². The van der Waals surface area contributed by atoms with Crippen LogP contribution in [0.5, 0.6) is 5.88 Å². The highest BCUT2D eigenvalue weighted by Crippen LogP contribution is 2.24. The van der Waals surface area contributed by atoms with Crippen LogP contribution in [0.3, 0.4) is 0 Å². The first kappa shape index (κ1) is 19.7. The predicted molar refractivity (Wildman–Crippen MR) is 113 cm³/mol. The van der Waals surface area contributed by atoms with Gasteiger partial charge >= 0.3 is 0 Å². The van der Waals surface area contributed by atoms with Gasteiger partial charge in [-0.25, -0.2) is 4.98 Å². The van der Waals surface area contributed by atoms with Gasteiger partial charge in [0.15, 0.2) is 0 Å². The maximum Gasteiger partial charge on any atom is 0.255 e. The molecule has 6 heteroatoms. The highest BCUT2D eigenvalue weighted by atomic mass is 16.5. The average Bonchev–Trinajstić information content (AvgIpc) is 3.28. The molecule has 29 heavy (non-hydrogen) atoms. The van der Waals surface area contributed by atoms with E-state index in [0.29, 0.717) is 31.1 Å². The van der Waals surface area contributed by atoms with Crippen LogP contribution in [0.15, 0.2) is 36.5 Å². The second-order valence-electron chi connectivity index (χ2n) is 7.83. The number of piperazine rings is 1. The van der Waals surface area contributed by atoms with Gasteiger partial charge in [-0.2, -0.15) is 0 Å². The summed E-state index contributed by atoms with van der Waals surface area (Å²) in [7, 11) is 0. The number of hydrogen-bond donors (Lipinski definition) is 0. The van der Waals surface area contributed by atoms with Gasteiger partial charge in [-0.05, 0) is 49.9 Å². The van der Waals surface area contributed by atoms with E-state index in [0.717, 1.165) is 32.5 Å². The molecular weight excluding hydrogens is 366 g/mol. The summed E-state index contributed by atoms with van der Waals surface area (Å²) in [5.74, 6) is 0.570. The number of carbonyl (C=O) groups is 1. The lowest BCUT2D eigenvalue weighted by Crippen LogP contribution is -2.49. The Bertz CT molecular complexity index is 839. The summed E-state index contributed by atoms with van der Waals surface area (Å²) in [6.07, 6.45) is 3.90. The van der Waals surface area contributed by atoms with Crippen LogP contribution in [0.25, 0.3) is 0 Å². The Labute approximate surface area is 172 Å². The molecule has 154 valence electrons. The predicted octanol–water partition coefficient (Wildman–Crippen LogP) is 3.22. The fourth-order valence-corrected chi connectivity index (χ4v) is 3.96. The molecular formula is C23H29N3O3. The van der Waals surface area contributed by atoms with Crippen LogP contribution in [0.2, 0.25) is 0 Å². The summed E-state index contributed by atoms with van der Waals surface area (Å²) < 4.78 is 11.2. The van der Waals surface area contributed by atoms with Crippen LogP contribution >= 0.6 is 0 Å². The molecule has 0 saturated carbocycles. The van der Waals surface area contributed by atoms with Gasteiger partial charge in [-0.15, -0.1) is 0 Å². The lowest BCUT2D eigenvalue weighted by molar-refractivity contribution is 0.0662. The molecule has 2 aromatic rings. The average molecular weight is 396 g/mol. The number of carbonyl (C=O) groups excluding carboxylic acids is 1. The molecule has 2 fully saturated rings. The summed E-state index contributed by atoms with van der Waals surface area (Å²) in [5, 5.41) is 0. The Morgan fingerprint density at radius 3 is 2.69 bits per heavy atom. The first-order valence-corrected chi connectivity index (χ1v) is 10.4. The van der Waals surface area contributed by atoms with Crippen molar-refractivity contribution in [3.05, 3.63) is 53.2 Å². The summed E-state index contributed by atoms with van der Waals surface area (Å²) in [6, 6.07) is 9.98. The molecule has 3 heterocycles. The van der Waals surface area contributed by atoms with Gasteiger partial charge in [-0.1, -0.05) is 12.1 Å². The van der Waals surface area contributed by atoms with E-state index in [4.69, 9.17) is 9.47 Å². The third-order valence-corrected chi connectivity index (χ3v) is 5.91. The van der Waals surface area contributed by atoms with Crippen LogP contribution in [-0.4, -0.2) is 61.3 Å². The Morgan fingerprint density at radius 1 is 1.17 bits per heavy atom. The van der Waals surface area contributed by atoms with Gasteiger partial charge in [0.2, 0.25) is 5.88 Å². The van der Waals surface area contributed by atoms with Crippen molar-refractivity contribution in [1.29, 1.82) is 0 Å². The number of nitrogens with zero attached hydrogens (tertiary/aromatic N) is 3. The van der Waals surface area contributed by atoms with Gasteiger partial charge in [0, 0.05) is 50.7 Å². The zero-order valence-electron chi connectivity index (χ0n) is 17.3. The van der Waals surface area contributed by atoms with Crippen molar-refractivity contribution in [2.24, 2.45) is 0 Å². The molecule has 0 spiro atoms. The maximum absolute atomic E-state index is 12.8. The minimum Gasteiger partial charge on any atom is -0.475 e. The molecule has 0 bridgehead atoms. The van der Waals surface area contributed by atoms with Crippen LogP contribution in [0.4, 0.5) is 5.69 Å². The van der Waals surface area contributed by atoms with Crippen LogP contribution in [-0.2, 0) is 4.74 Å². The standard InChI is InChI=1S/C23H29N3O3/c1-17-5-3-7-21(18(17)2)25-10-12-26(13-11-25)23(27)19-8-9-22(24-15-19)29-16-20-6-4-14-28-20/h3,5,7-9,15,20H,4,6,10-14,16H2,1-2H3/t20-/m1/s1. The third kappa shape index (κ3) is 4.53. The highest BCUT2D eigenvalue weighted by Gasteiger charge is 2.23.